The quantitative estimate of drug-likeness (QED) is 0.780. The molecular weight excluding hydrogens is 396 g/mol. The Morgan fingerprint density at radius 1 is 1.21 bits per heavy atom. The highest BCUT2D eigenvalue weighted by atomic mass is 79.9. The summed E-state index contributed by atoms with van der Waals surface area (Å²) in [6.07, 6.45) is 2.02. The summed E-state index contributed by atoms with van der Waals surface area (Å²) < 4.78 is 6.06. The van der Waals surface area contributed by atoms with Crippen LogP contribution in [0.1, 0.15) is 45.1 Å². The largest absolute Gasteiger partial charge is 0.465 e. The minimum Gasteiger partial charge on any atom is -0.465 e. The van der Waals surface area contributed by atoms with E-state index in [1.54, 1.807) is 32.0 Å². The van der Waals surface area contributed by atoms with Crippen LogP contribution in [0.2, 0.25) is 5.02 Å². The number of benzene rings is 1. The fourth-order valence-electron chi connectivity index (χ4n) is 2.38. The van der Waals surface area contributed by atoms with Crippen LogP contribution in [0.5, 0.6) is 0 Å². The molecule has 0 atom stereocenters. The second-order valence-corrected chi connectivity index (χ2v) is 7.00. The Morgan fingerprint density at radius 2 is 1.92 bits per heavy atom. The van der Waals surface area contributed by atoms with E-state index in [1.807, 2.05) is 0 Å². The van der Waals surface area contributed by atoms with Crippen molar-refractivity contribution in [1.29, 1.82) is 0 Å². The van der Waals surface area contributed by atoms with E-state index in [9.17, 15) is 9.59 Å². The summed E-state index contributed by atoms with van der Waals surface area (Å²) in [4.78, 5) is 24.5. The van der Waals surface area contributed by atoms with Crippen molar-refractivity contribution in [3.05, 3.63) is 50.3 Å². The van der Waals surface area contributed by atoms with Gasteiger partial charge in [-0.3, -0.25) is 9.59 Å². The van der Waals surface area contributed by atoms with Gasteiger partial charge in [-0.15, -0.1) is 0 Å². The predicted octanol–water partition coefficient (Wildman–Crippen LogP) is 4.46. The number of halogens is 2. The molecule has 1 aliphatic carbocycles. The molecule has 2 N–H and O–H groups in total. The summed E-state index contributed by atoms with van der Waals surface area (Å²) >= 11 is 9.54. The summed E-state index contributed by atoms with van der Waals surface area (Å²) in [6, 6.07) is 5.09. The van der Waals surface area contributed by atoms with E-state index >= 15 is 0 Å². The number of nitrogens with one attached hydrogen (secondary N) is 2. The second-order valence-electron chi connectivity index (χ2n) is 5.80. The molecule has 0 unspecified atom stereocenters. The van der Waals surface area contributed by atoms with Crippen molar-refractivity contribution in [1.82, 2.24) is 5.32 Å². The standard InChI is InChI=1S/C17H16BrClN2O3/c1-8-14(15(18)9(2)24-8)17(23)21-11-5-6-12(13(19)7-11)16(22)20-10-3-4-10/h5-7,10H,3-4H2,1-2H3,(H,20,22)(H,21,23). The van der Waals surface area contributed by atoms with E-state index in [0.717, 1.165) is 12.8 Å². The zero-order valence-electron chi connectivity index (χ0n) is 13.2. The number of carbonyl (C=O) groups is 2. The van der Waals surface area contributed by atoms with Gasteiger partial charge in [0.2, 0.25) is 0 Å². The molecule has 24 heavy (non-hydrogen) atoms. The van der Waals surface area contributed by atoms with Crippen molar-refractivity contribution in [2.24, 2.45) is 0 Å². The van der Waals surface area contributed by atoms with Crippen molar-refractivity contribution in [3.8, 4) is 0 Å². The minimum absolute atomic E-state index is 0.190. The Balaban J connectivity index is 1.76. The highest BCUT2D eigenvalue weighted by Crippen LogP contribution is 2.29. The van der Waals surface area contributed by atoms with Gasteiger partial charge in [0.25, 0.3) is 11.8 Å². The first kappa shape index (κ1) is 17.0. The Morgan fingerprint density at radius 3 is 2.46 bits per heavy atom. The molecule has 1 aromatic carbocycles. The van der Waals surface area contributed by atoms with Crippen LogP contribution in [0, 0.1) is 13.8 Å². The van der Waals surface area contributed by atoms with Gasteiger partial charge in [-0.2, -0.15) is 0 Å². The Labute approximate surface area is 152 Å². The molecule has 1 fully saturated rings. The van der Waals surface area contributed by atoms with E-state index in [4.69, 9.17) is 16.0 Å². The highest BCUT2D eigenvalue weighted by molar-refractivity contribution is 9.10. The van der Waals surface area contributed by atoms with Gasteiger partial charge < -0.3 is 15.1 Å². The van der Waals surface area contributed by atoms with E-state index in [2.05, 4.69) is 26.6 Å². The lowest BCUT2D eigenvalue weighted by atomic mass is 10.1. The molecule has 7 heteroatoms. The van der Waals surface area contributed by atoms with Crippen molar-refractivity contribution in [2.45, 2.75) is 32.7 Å². The fraction of sp³-hybridized carbons (Fsp3) is 0.294. The number of rotatable bonds is 4. The number of anilines is 1. The lowest BCUT2D eigenvalue weighted by Crippen LogP contribution is -2.25. The van der Waals surface area contributed by atoms with E-state index in [1.165, 1.54) is 0 Å². The van der Waals surface area contributed by atoms with Crippen LogP contribution in [0.3, 0.4) is 0 Å². The number of furan rings is 1. The number of hydrogen-bond donors (Lipinski definition) is 2. The Hall–Kier alpha value is -1.79. The third-order valence-electron chi connectivity index (χ3n) is 3.80. The molecule has 3 rings (SSSR count). The topological polar surface area (TPSA) is 71.3 Å². The second kappa shape index (κ2) is 6.61. The van der Waals surface area contributed by atoms with Gasteiger partial charge in [-0.25, -0.2) is 0 Å². The third kappa shape index (κ3) is 3.49. The number of aryl methyl sites for hydroxylation is 2. The zero-order chi connectivity index (χ0) is 17.4. The van der Waals surface area contributed by atoms with Gasteiger partial charge in [0.1, 0.15) is 11.5 Å². The maximum atomic E-state index is 12.4. The van der Waals surface area contributed by atoms with Gasteiger partial charge in [-0.05, 0) is 60.8 Å². The van der Waals surface area contributed by atoms with Gasteiger partial charge >= 0.3 is 0 Å². The number of hydrogen-bond acceptors (Lipinski definition) is 3. The number of amides is 2. The summed E-state index contributed by atoms with van der Waals surface area (Å²) in [5.74, 6) is 0.679. The molecule has 0 bridgehead atoms. The lowest BCUT2D eigenvalue weighted by molar-refractivity contribution is 0.0950. The fourth-order valence-corrected chi connectivity index (χ4v) is 3.18. The molecule has 0 saturated heterocycles. The summed E-state index contributed by atoms with van der Waals surface area (Å²) in [6.45, 7) is 3.50. The molecule has 1 aliphatic rings. The monoisotopic (exact) mass is 410 g/mol. The number of carbonyl (C=O) groups excluding carboxylic acids is 2. The molecule has 126 valence electrons. The first-order chi connectivity index (χ1) is 11.4. The molecule has 5 nitrogen and oxygen atoms in total. The third-order valence-corrected chi connectivity index (χ3v) is 5.07. The van der Waals surface area contributed by atoms with E-state index < -0.39 is 0 Å². The summed E-state index contributed by atoms with van der Waals surface area (Å²) in [5, 5.41) is 5.95. The van der Waals surface area contributed by atoms with Crippen LogP contribution in [-0.2, 0) is 0 Å². The van der Waals surface area contributed by atoms with Crippen molar-refractivity contribution in [2.75, 3.05) is 5.32 Å². The smallest absolute Gasteiger partial charge is 0.260 e. The summed E-state index contributed by atoms with van der Waals surface area (Å²) in [5.41, 5.74) is 1.36. The van der Waals surface area contributed by atoms with Gasteiger partial charge in [-0.1, -0.05) is 11.6 Å². The van der Waals surface area contributed by atoms with Crippen LogP contribution < -0.4 is 10.6 Å². The average Bonchev–Trinajstić information content (AvgIpc) is 3.26. The van der Waals surface area contributed by atoms with Gasteiger partial charge in [0.05, 0.1) is 20.6 Å². The Bertz CT molecular complexity index is 827. The molecule has 0 spiro atoms. The highest BCUT2D eigenvalue weighted by Gasteiger charge is 2.25. The van der Waals surface area contributed by atoms with Crippen LogP contribution in [0.4, 0.5) is 5.69 Å². The molecule has 2 amide bonds. The van der Waals surface area contributed by atoms with Crippen molar-refractivity contribution < 1.29 is 14.0 Å². The van der Waals surface area contributed by atoms with Crippen molar-refractivity contribution in [3.63, 3.8) is 0 Å². The summed E-state index contributed by atoms with van der Waals surface area (Å²) in [7, 11) is 0. The minimum atomic E-state index is -0.303. The van der Waals surface area contributed by atoms with Gasteiger partial charge in [0.15, 0.2) is 0 Å². The maximum Gasteiger partial charge on any atom is 0.260 e. The molecule has 1 heterocycles. The van der Waals surface area contributed by atoms with Crippen LogP contribution in [0.25, 0.3) is 0 Å². The first-order valence-corrected chi connectivity index (χ1v) is 8.71. The first-order valence-electron chi connectivity index (χ1n) is 7.54. The zero-order valence-corrected chi connectivity index (χ0v) is 15.5. The molecule has 2 aromatic rings. The van der Waals surface area contributed by atoms with Crippen LogP contribution in [-0.4, -0.2) is 17.9 Å². The average molecular weight is 412 g/mol. The maximum absolute atomic E-state index is 12.4. The molecule has 0 radical (unpaired) electrons. The van der Waals surface area contributed by atoms with E-state index in [-0.39, 0.29) is 17.9 Å². The van der Waals surface area contributed by atoms with Crippen LogP contribution in [0.15, 0.2) is 27.1 Å². The normalized spacial score (nSPS) is 13.7. The molecular formula is C17H16BrClN2O3. The Kier molecular flexibility index (Phi) is 4.69. The molecule has 0 aliphatic heterocycles. The predicted molar refractivity (Wildman–Crippen MR) is 95.8 cm³/mol. The lowest BCUT2D eigenvalue weighted by Gasteiger charge is -2.09. The molecule has 1 saturated carbocycles. The SMILES string of the molecule is Cc1oc(C)c(C(=O)Nc2ccc(C(=O)NC3CC3)c(Cl)c2)c1Br. The van der Waals surface area contributed by atoms with Crippen LogP contribution >= 0.6 is 27.5 Å². The van der Waals surface area contributed by atoms with E-state index in [0.29, 0.717) is 37.8 Å². The van der Waals surface area contributed by atoms with Gasteiger partial charge in [0, 0.05) is 11.7 Å². The molecule has 1 aromatic heterocycles. The van der Waals surface area contributed by atoms with Crippen molar-refractivity contribution >= 4 is 45.0 Å².